The van der Waals surface area contributed by atoms with Crippen molar-refractivity contribution in [1.29, 1.82) is 0 Å². The fourth-order valence-corrected chi connectivity index (χ4v) is 2.49. The molecule has 0 spiro atoms. The molecule has 1 heterocycles. The van der Waals surface area contributed by atoms with E-state index in [0.717, 1.165) is 25.9 Å². The zero-order valence-electron chi connectivity index (χ0n) is 10.7. The molecule has 0 saturated carbocycles. The first-order chi connectivity index (χ1) is 8.72. The Kier molecular flexibility index (Phi) is 4.20. The van der Waals surface area contributed by atoms with Crippen LogP contribution in [0.2, 0.25) is 0 Å². The second kappa shape index (κ2) is 5.87. The number of amides is 1. The Morgan fingerprint density at radius 2 is 2.11 bits per heavy atom. The number of aromatic hydroxyl groups is 1. The summed E-state index contributed by atoms with van der Waals surface area (Å²) in [7, 11) is 1.91. The van der Waals surface area contributed by atoms with E-state index in [1.807, 2.05) is 11.9 Å². The topological polar surface area (TPSA) is 52.6 Å². The Hall–Kier alpha value is -1.55. The van der Waals surface area contributed by atoms with Crippen LogP contribution in [0.15, 0.2) is 24.3 Å². The molecule has 2 rings (SSSR count). The molecule has 1 aromatic rings. The fourth-order valence-electron chi connectivity index (χ4n) is 2.49. The smallest absolute Gasteiger partial charge is 0.254 e. The second-order valence-electron chi connectivity index (χ2n) is 4.75. The summed E-state index contributed by atoms with van der Waals surface area (Å²) >= 11 is 0. The van der Waals surface area contributed by atoms with Crippen molar-refractivity contribution in [3.8, 4) is 5.75 Å². The van der Waals surface area contributed by atoms with Crippen molar-refractivity contribution in [2.24, 2.45) is 0 Å². The van der Waals surface area contributed by atoms with E-state index in [1.165, 1.54) is 6.42 Å². The Balaban J connectivity index is 2.12. The van der Waals surface area contributed by atoms with Crippen molar-refractivity contribution in [2.45, 2.75) is 25.3 Å². The summed E-state index contributed by atoms with van der Waals surface area (Å²) in [6, 6.07) is 6.77. The number of benzene rings is 1. The lowest BCUT2D eigenvalue weighted by Crippen LogP contribution is -2.48. The van der Waals surface area contributed by atoms with Crippen molar-refractivity contribution >= 4 is 5.91 Å². The van der Waals surface area contributed by atoms with E-state index in [2.05, 4.69) is 5.32 Å². The van der Waals surface area contributed by atoms with E-state index in [0.29, 0.717) is 5.56 Å². The maximum atomic E-state index is 12.4. The summed E-state index contributed by atoms with van der Waals surface area (Å²) < 4.78 is 0. The van der Waals surface area contributed by atoms with Crippen LogP contribution in [0.1, 0.15) is 29.6 Å². The van der Waals surface area contributed by atoms with Crippen molar-refractivity contribution < 1.29 is 9.90 Å². The Morgan fingerprint density at radius 1 is 1.39 bits per heavy atom. The molecule has 18 heavy (non-hydrogen) atoms. The molecular formula is C14H20N2O2. The quantitative estimate of drug-likeness (QED) is 0.854. The third-order valence-corrected chi connectivity index (χ3v) is 3.44. The maximum absolute atomic E-state index is 12.4. The van der Waals surface area contributed by atoms with Gasteiger partial charge < -0.3 is 15.3 Å². The fraction of sp³-hybridized carbons (Fsp3) is 0.500. The van der Waals surface area contributed by atoms with Gasteiger partial charge in [0.15, 0.2) is 0 Å². The van der Waals surface area contributed by atoms with Gasteiger partial charge in [-0.15, -0.1) is 0 Å². The standard InChI is InChI=1S/C14H20N2O2/c1-15-10-12-4-2-3-9-16(12)14(18)11-5-7-13(17)8-6-11/h5-8,12,15,17H,2-4,9-10H2,1H3. The molecule has 1 fully saturated rings. The molecule has 1 amide bonds. The van der Waals surface area contributed by atoms with E-state index in [4.69, 9.17) is 0 Å². The number of carbonyl (C=O) groups excluding carboxylic acids is 1. The van der Waals surface area contributed by atoms with E-state index in [9.17, 15) is 9.90 Å². The third-order valence-electron chi connectivity index (χ3n) is 3.44. The zero-order chi connectivity index (χ0) is 13.0. The number of phenolic OH excluding ortho intramolecular Hbond substituents is 1. The average Bonchev–Trinajstić information content (AvgIpc) is 2.40. The first-order valence-electron chi connectivity index (χ1n) is 6.47. The predicted molar refractivity (Wildman–Crippen MR) is 70.7 cm³/mol. The van der Waals surface area contributed by atoms with Gasteiger partial charge in [0.05, 0.1) is 0 Å². The van der Waals surface area contributed by atoms with Crippen LogP contribution in [0.3, 0.4) is 0 Å². The van der Waals surface area contributed by atoms with Gasteiger partial charge in [0, 0.05) is 24.7 Å². The molecule has 0 aromatic heterocycles. The molecular weight excluding hydrogens is 228 g/mol. The summed E-state index contributed by atoms with van der Waals surface area (Å²) in [5, 5.41) is 12.4. The molecule has 4 heteroatoms. The van der Waals surface area contributed by atoms with Crippen molar-refractivity contribution in [3.05, 3.63) is 29.8 Å². The number of likely N-dealkylation sites (N-methyl/N-ethyl adjacent to an activating group) is 1. The molecule has 2 N–H and O–H groups in total. The van der Waals surface area contributed by atoms with Gasteiger partial charge in [0.2, 0.25) is 0 Å². The minimum atomic E-state index is 0.0648. The predicted octanol–water partition coefficient (Wildman–Crippen LogP) is 1.61. The number of hydrogen-bond donors (Lipinski definition) is 2. The summed E-state index contributed by atoms with van der Waals surface area (Å²) in [4.78, 5) is 14.4. The maximum Gasteiger partial charge on any atom is 0.254 e. The minimum absolute atomic E-state index is 0.0648. The lowest BCUT2D eigenvalue weighted by Gasteiger charge is -2.35. The van der Waals surface area contributed by atoms with Crippen molar-refractivity contribution in [1.82, 2.24) is 10.2 Å². The number of nitrogens with zero attached hydrogens (tertiary/aromatic N) is 1. The van der Waals surface area contributed by atoms with Gasteiger partial charge in [0.25, 0.3) is 5.91 Å². The van der Waals surface area contributed by atoms with E-state index >= 15 is 0 Å². The minimum Gasteiger partial charge on any atom is -0.508 e. The monoisotopic (exact) mass is 248 g/mol. The molecule has 98 valence electrons. The number of hydrogen-bond acceptors (Lipinski definition) is 3. The molecule has 1 unspecified atom stereocenters. The number of nitrogens with one attached hydrogen (secondary N) is 1. The average molecular weight is 248 g/mol. The van der Waals surface area contributed by atoms with E-state index in [-0.39, 0.29) is 17.7 Å². The summed E-state index contributed by atoms with van der Waals surface area (Å²) in [5.41, 5.74) is 0.649. The molecule has 0 aliphatic carbocycles. The normalized spacial score (nSPS) is 19.8. The van der Waals surface area contributed by atoms with Crippen LogP contribution >= 0.6 is 0 Å². The first kappa shape index (κ1) is 12.9. The third kappa shape index (κ3) is 2.82. The van der Waals surface area contributed by atoms with Gasteiger partial charge in [-0.25, -0.2) is 0 Å². The number of phenols is 1. The van der Waals surface area contributed by atoms with Gasteiger partial charge in [-0.1, -0.05) is 0 Å². The Morgan fingerprint density at radius 3 is 2.78 bits per heavy atom. The van der Waals surface area contributed by atoms with Gasteiger partial charge in [-0.2, -0.15) is 0 Å². The van der Waals surface area contributed by atoms with Crippen LogP contribution in [-0.4, -0.2) is 42.1 Å². The van der Waals surface area contributed by atoms with Crippen LogP contribution in [0, 0.1) is 0 Å². The largest absolute Gasteiger partial charge is 0.508 e. The van der Waals surface area contributed by atoms with Crippen LogP contribution in [-0.2, 0) is 0 Å². The van der Waals surface area contributed by atoms with Gasteiger partial charge in [-0.3, -0.25) is 4.79 Å². The Bertz CT molecular complexity index is 401. The zero-order valence-corrected chi connectivity index (χ0v) is 10.7. The highest BCUT2D eigenvalue weighted by molar-refractivity contribution is 5.94. The number of rotatable bonds is 3. The molecule has 1 aliphatic heterocycles. The SMILES string of the molecule is CNCC1CCCCN1C(=O)c1ccc(O)cc1. The van der Waals surface area contributed by atoms with Gasteiger partial charge in [-0.05, 0) is 50.6 Å². The van der Waals surface area contributed by atoms with Crippen LogP contribution in [0.4, 0.5) is 0 Å². The van der Waals surface area contributed by atoms with E-state index in [1.54, 1.807) is 24.3 Å². The van der Waals surface area contributed by atoms with Crippen molar-refractivity contribution in [3.63, 3.8) is 0 Å². The van der Waals surface area contributed by atoms with Gasteiger partial charge >= 0.3 is 0 Å². The molecule has 1 atom stereocenters. The lowest BCUT2D eigenvalue weighted by atomic mass is 10.0. The molecule has 1 aromatic carbocycles. The van der Waals surface area contributed by atoms with E-state index < -0.39 is 0 Å². The van der Waals surface area contributed by atoms with Crippen LogP contribution in [0.5, 0.6) is 5.75 Å². The summed E-state index contributed by atoms with van der Waals surface area (Å²) in [6.07, 6.45) is 3.32. The first-order valence-corrected chi connectivity index (χ1v) is 6.47. The van der Waals surface area contributed by atoms with Crippen LogP contribution < -0.4 is 5.32 Å². The molecule has 0 bridgehead atoms. The number of likely N-dealkylation sites (tertiary alicyclic amines) is 1. The highest BCUT2D eigenvalue weighted by Crippen LogP contribution is 2.20. The molecule has 4 nitrogen and oxygen atoms in total. The second-order valence-corrected chi connectivity index (χ2v) is 4.75. The van der Waals surface area contributed by atoms with Gasteiger partial charge in [0.1, 0.15) is 5.75 Å². The summed E-state index contributed by atoms with van der Waals surface area (Å²) in [6.45, 7) is 1.66. The molecule has 0 radical (unpaired) electrons. The van der Waals surface area contributed by atoms with Crippen molar-refractivity contribution in [2.75, 3.05) is 20.1 Å². The summed E-state index contributed by atoms with van der Waals surface area (Å²) in [5.74, 6) is 0.256. The number of piperidine rings is 1. The lowest BCUT2D eigenvalue weighted by molar-refractivity contribution is 0.0615. The number of carbonyl (C=O) groups is 1. The molecule has 1 saturated heterocycles. The molecule has 1 aliphatic rings. The highest BCUT2D eigenvalue weighted by Gasteiger charge is 2.26. The van der Waals surface area contributed by atoms with Crippen LogP contribution in [0.25, 0.3) is 0 Å². The highest BCUT2D eigenvalue weighted by atomic mass is 16.3. The Labute approximate surface area is 108 Å².